The Morgan fingerprint density at radius 2 is 0.667 bits per heavy atom. The summed E-state index contributed by atoms with van der Waals surface area (Å²) < 4.78 is 0. The first kappa shape index (κ1) is 61.4. The van der Waals surface area contributed by atoms with E-state index in [1.54, 1.807) is 6.08 Å². The Morgan fingerprint density at radius 3 is 1.02 bits per heavy atom. The maximum absolute atomic E-state index is 12.5. The third-order valence-corrected chi connectivity index (χ3v) is 13.0. The minimum absolute atomic E-state index is 0.0710. The highest BCUT2D eigenvalue weighted by Crippen LogP contribution is 2.16. The first-order valence-electron chi connectivity index (χ1n) is 28.4. The van der Waals surface area contributed by atoms with Gasteiger partial charge >= 0.3 is 0 Å². The van der Waals surface area contributed by atoms with Gasteiger partial charge in [-0.1, -0.05) is 281 Å². The molecule has 1 amide bonds. The van der Waals surface area contributed by atoms with Crippen LogP contribution in [0.25, 0.3) is 0 Å². The highest BCUT2D eigenvalue weighted by molar-refractivity contribution is 5.76. The first-order valence-corrected chi connectivity index (χ1v) is 28.4. The van der Waals surface area contributed by atoms with Crippen molar-refractivity contribution in [2.75, 3.05) is 6.61 Å². The average Bonchev–Trinajstić information content (AvgIpc) is 3.29. The van der Waals surface area contributed by atoms with E-state index in [0.717, 1.165) is 38.5 Å². The van der Waals surface area contributed by atoms with Crippen LogP contribution in [0.4, 0.5) is 0 Å². The number of carbonyl (C=O) groups is 1. The van der Waals surface area contributed by atoms with Gasteiger partial charge in [-0.3, -0.25) is 4.79 Å². The number of carbonyl (C=O) groups excluding carboxylic acids is 1. The molecule has 0 aliphatic carbocycles. The molecule has 0 fully saturated rings. The number of aliphatic hydroxyl groups excluding tert-OH is 2. The Labute approximate surface area is 394 Å². The van der Waals surface area contributed by atoms with Crippen molar-refractivity contribution in [3.63, 3.8) is 0 Å². The van der Waals surface area contributed by atoms with Gasteiger partial charge < -0.3 is 15.5 Å². The second kappa shape index (κ2) is 54.7. The fourth-order valence-electron chi connectivity index (χ4n) is 8.70. The number of allylic oxidation sites excluding steroid dienone is 7. The molecule has 0 aromatic carbocycles. The van der Waals surface area contributed by atoms with Crippen molar-refractivity contribution in [3.8, 4) is 0 Å². The van der Waals surface area contributed by atoms with Crippen molar-refractivity contribution in [1.82, 2.24) is 5.32 Å². The maximum atomic E-state index is 12.5. The molecule has 3 N–H and O–H groups in total. The Kier molecular flexibility index (Phi) is 53.3. The maximum Gasteiger partial charge on any atom is 0.220 e. The van der Waals surface area contributed by atoms with Crippen LogP contribution in [0.1, 0.15) is 303 Å². The standard InChI is InChI=1S/C59H111NO3/c1-3-5-7-9-11-13-15-17-19-21-23-25-26-27-28-29-30-31-32-33-34-35-37-39-41-43-45-47-49-51-53-55-59(63)60-57(56-61)58(62)54-52-50-48-46-44-42-40-38-36-24-22-20-18-16-14-12-10-8-6-4-2/h23,25,27-28,44,46,52,54,57-58,61-62H,3-22,24,26,29-43,45,47-51,53,55-56H2,1-2H3,(H,60,63)/b25-23-,28-27-,46-44+,54-52+. The van der Waals surface area contributed by atoms with Crippen molar-refractivity contribution < 1.29 is 15.0 Å². The van der Waals surface area contributed by atoms with Crippen molar-refractivity contribution in [2.24, 2.45) is 0 Å². The second-order valence-electron chi connectivity index (χ2n) is 19.3. The molecule has 0 rings (SSSR count). The van der Waals surface area contributed by atoms with E-state index in [-0.39, 0.29) is 12.5 Å². The van der Waals surface area contributed by atoms with Gasteiger partial charge in [0.2, 0.25) is 5.91 Å². The van der Waals surface area contributed by atoms with E-state index in [1.807, 2.05) is 6.08 Å². The Morgan fingerprint density at radius 1 is 0.381 bits per heavy atom. The molecule has 0 bridgehead atoms. The van der Waals surface area contributed by atoms with E-state index in [0.29, 0.717) is 6.42 Å². The SMILES string of the molecule is CCCCCCCCCCC/C=C\C/C=C\CCCCCCCCCCCCCCCCCC(=O)NC(CO)C(O)/C=C/CC/C=C/CCCCCCCCCCCCCCCC. The van der Waals surface area contributed by atoms with Crippen LogP contribution in [0.2, 0.25) is 0 Å². The smallest absolute Gasteiger partial charge is 0.220 e. The fraction of sp³-hybridized carbons (Fsp3) is 0.847. The molecule has 0 heterocycles. The number of rotatable bonds is 52. The van der Waals surface area contributed by atoms with Gasteiger partial charge in [0.15, 0.2) is 0 Å². The molecule has 0 spiro atoms. The van der Waals surface area contributed by atoms with Gasteiger partial charge in [0.1, 0.15) is 0 Å². The molecule has 4 nitrogen and oxygen atoms in total. The zero-order chi connectivity index (χ0) is 45.6. The molecule has 4 heteroatoms. The molecule has 0 aromatic rings. The third-order valence-electron chi connectivity index (χ3n) is 13.0. The first-order chi connectivity index (χ1) is 31.2. The summed E-state index contributed by atoms with van der Waals surface area (Å²) in [5, 5.41) is 23.1. The van der Waals surface area contributed by atoms with Gasteiger partial charge in [0.05, 0.1) is 18.8 Å². The molecule has 0 aliphatic rings. The lowest BCUT2D eigenvalue weighted by Crippen LogP contribution is -2.45. The molecule has 0 radical (unpaired) electrons. The second-order valence-corrected chi connectivity index (χ2v) is 19.3. The fourth-order valence-corrected chi connectivity index (χ4v) is 8.70. The molecule has 0 aliphatic heterocycles. The van der Waals surface area contributed by atoms with E-state index in [1.165, 1.54) is 244 Å². The summed E-state index contributed by atoms with van der Waals surface area (Å²) in [6.07, 6.45) is 75.6. The summed E-state index contributed by atoms with van der Waals surface area (Å²) in [6.45, 7) is 4.32. The van der Waals surface area contributed by atoms with E-state index < -0.39 is 12.1 Å². The summed E-state index contributed by atoms with van der Waals surface area (Å²) in [7, 11) is 0. The van der Waals surface area contributed by atoms with Crippen molar-refractivity contribution >= 4 is 5.91 Å². The summed E-state index contributed by atoms with van der Waals surface area (Å²) in [5.41, 5.74) is 0. The quantitative estimate of drug-likeness (QED) is 0.0421. The van der Waals surface area contributed by atoms with Crippen LogP contribution in [0.15, 0.2) is 48.6 Å². The average molecular weight is 883 g/mol. The lowest BCUT2D eigenvalue weighted by molar-refractivity contribution is -0.123. The molecular formula is C59H111NO3. The number of unbranched alkanes of at least 4 members (excludes halogenated alkanes) is 39. The molecule has 0 aromatic heterocycles. The van der Waals surface area contributed by atoms with Gasteiger partial charge in [-0.15, -0.1) is 0 Å². The Balaban J connectivity index is 3.51. The number of amides is 1. The largest absolute Gasteiger partial charge is 0.394 e. The molecule has 0 saturated carbocycles. The normalized spacial score (nSPS) is 13.1. The van der Waals surface area contributed by atoms with E-state index >= 15 is 0 Å². The van der Waals surface area contributed by atoms with Crippen LogP contribution >= 0.6 is 0 Å². The van der Waals surface area contributed by atoms with Crippen LogP contribution in [0.3, 0.4) is 0 Å². The van der Waals surface area contributed by atoms with Gasteiger partial charge in [0, 0.05) is 6.42 Å². The summed E-state index contributed by atoms with van der Waals surface area (Å²) >= 11 is 0. The number of aliphatic hydroxyl groups is 2. The number of hydrogen-bond donors (Lipinski definition) is 3. The summed E-state index contributed by atoms with van der Waals surface area (Å²) in [5.74, 6) is -0.0710. The number of hydrogen-bond acceptors (Lipinski definition) is 3. The van der Waals surface area contributed by atoms with E-state index in [4.69, 9.17) is 0 Å². The van der Waals surface area contributed by atoms with Crippen molar-refractivity contribution in [2.45, 2.75) is 315 Å². The molecule has 2 unspecified atom stereocenters. The van der Waals surface area contributed by atoms with E-state index in [2.05, 4.69) is 55.6 Å². The van der Waals surface area contributed by atoms with Crippen LogP contribution < -0.4 is 5.32 Å². The number of nitrogens with one attached hydrogen (secondary N) is 1. The third kappa shape index (κ3) is 51.2. The van der Waals surface area contributed by atoms with Crippen LogP contribution in [-0.2, 0) is 4.79 Å². The molecular weight excluding hydrogens is 771 g/mol. The minimum Gasteiger partial charge on any atom is -0.394 e. The zero-order valence-electron chi connectivity index (χ0n) is 42.6. The van der Waals surface area contributed by atoms with Gasteiger partial charge in [-0.25, -0.2) is 0 Å². The van der Waals surface area contributed by atoms with Crippen LogP contribution in [-0.4, -0.2) is 34.9 Å². The van der Waals surface area contributed by atoms with Gasteiger partial charge in [0.25, 0.3) is 0 Å². The molecule has 0 saturated heterocycles. The van der Waals surface area contributed by atoms with Crippen molar-refractivity contribution in [1.29, 1.82) is 0 Å². The lowest BCUT2D eigenvalue weighted by atomic mass is 10.0. The highest BCUT2D eigenvalue weighted by Gasteiger charge is 2.18. The monoisotopic (exact) mass is 882 g/mol. The topological polar surface area (TPSA) is 69.6 Å². The van der Waals surface area contributed by atoms with Crippen LogP contribution in [0.5, 0.6) is 0 Å². The Hall–Kier alpha value is -1.65. The molecule has 370 valence electrons. The zero-order valence-corrected chi connectivity index (χ0v) is 42.6. The van der Waals surface area contributed by atoms with Gasteiger partial charge in [-0.2, -0.15) is 0 Å². The van der Waals surface area contributed by atoms with Gasteiger partial charge in [-0.05, 0) is 64.2 Å². The Bertz CT molecular complexity index is 1000. The van der Waals surface area contributed by atoms with Crippen LogP contribution in [0, 0.1) is 0 Å². The van der Waals surface area contributed by atoms with Crippen molar-refractivity contribution in [3.05, 3.63) is 48.6 Å². The highest BCUT2D eigenvalue weighted by atomic mass is 16.3. The summed E-state index contributed by atoms with van der Waals surface area (Å²) in [4.78, 5) is 12.5. The predicted molar refractivity (Wildman–Crippen MR) is 281 cm³/mol. The lowest BCUT2D eigenvalue weighted by Gasteiger charge is -2.19. The molecule has 63 heavy (non-hydrogen) atoms. The van der Waals surface area contributed by atoms with E-state index in [9.17, 15) is 15.0 Å². The predicted octanol–water partition coefficient (Wildman–Crippen LogP) is 18.6. The summed E-state index contributed by atoms with van der Waals surface area (Å²) in [6, 6.07) is -0.640. The molecule has 2 atom stereocenters. The minimum atomic E-state index is -0.863.